The van der Waals surface area contributed by atoms with Gasteiger partial charge in [0.15, 0.2) is 5.57 Å². The van der Waals surface area contributed by atoms with E-state index in [0.29, 0.717) is 11.4 Å². The fourth-order valence-corrected chi connectivity index (χ4v) is 2.21. The molecule has 0 spiro atoms. The van der Waals surface area contributed by atoms with Crippen molar-refractivity contribution in [1.82, 2.24) is 0 Å². The summed E-state index contributed by atoms with van der Waals surface area (Å²) in [7, 11) is 0. The second kappa shape index (κ2) is 6.88. The Hall–Kier alpha value is -3.26. The summed E-state index contributed by atoms with van der Waals surface area (Å²) in [6.07, 6.45) is 1.63. The summed E-state index contributed by atoms with van der Waals surface area (Å²) in [4.78, 5) is 12.1. The lowest BCUT2D eigenvalue weighted by Gasteiger charge is -2.08. The van der Waals surface area contributed by atoms with Gasteiger partial charge in [0.1, 0.15) is 23.3 Å². The maximum atomic E-state index is 12.1. The number of hydrogen-bond acceptors (Lipinski definition) is 4. The standard InChI is InChI=1S/C19H16N2O3/c20-12-17(18(22)13-6-7-13)19(23)21-14-8-10-16(11-9-14)24-15-4-2-1-3-5-15/h1-5,8-11,13,22H,6-7H2,(H,21,23)/b18-17-. The number of anilines is 1. The Balaban J connectivity index is 1.67. The molecule has 1 amide bonds. The Morgan fingerprint density at radius 3 is 2.29 bits per heavy atom. The van der Waals surface area contributed by atoms with E-state index in [1.165, 1.54) is 0 Å². The molecule has 0 radical (unpaired) electrons. The first-order chi connectivity index (χ1) is 11.7. The number of carbonyl (C=O) groups is 1. The highest BCUT2D eigenvalue weighted by Gasteiger charge is 2.30. The predicted octanol–water partition coefficient (Wildman–Crippen LogP) is 4.16. The Morgan fingerprint density at radius 2 is 1.71 bits per heavy atom. The van der Waals surface area contributed by atoms with Crippen LogP contribution >= 0.6 is 0 Å². The summed E-state index contributed by atoms with van der Waals surface area (Å²) in [6.45, 7) is 0. The van der Waals surface area contributed by atoms with Gasteiger partial charge < -0.3 is 15.2 Å². The lowest BCUT2D eigenvalue weighted by Crippen LogP contribution is -2.15. The largest absolute Gasteiger partial charge is 0.510 e. The predicted molar refractivity (Wildman–Crippen MR) is 89.6 cm³/mol. The summed E-state index contributed by atoms with van der Waals surface area (Å²) in [6, 6.07) is 17.9. The number of benzene rings is 2. The number of nitriles is 1. The minimum absolute atomic E-state index is 0.0490. The molecule has 1 fully saturated rings. The summed E-state index contributed by atoms with van der Waals surface area (Å²) >= 11 is 0. The van der Waals surface area contributed by atoms with Gasteiger partial charge in [-0.05, 0) is 49.2 Å². The molecule has 5 nitrogen and oxygen atoms in total. The van der Waals surface area contributed by atoms with Crippen molar-refractivity contribution in [3.05, 3.63) is 65.9 Å². The van der Waals surface area contributed by atoms with Crippen molar-refractivity contribution in [3.63, 3.8) is 0 Å². The van der Waals surface area contributed by atoms with E-state index in [1.54, 1.807) is 30.3 Å². The number of aliphatic hydroxyl groups excluding tert-OH is 1. The third kappa shape index (κ3) is 3.73. The van der Waals surface area contributed by atoms with E-state index in [2.05, 4.69) is 5.32 Å². The van der Waals surface area contributed by atoms with E-state index in [4.69, 9.17) is 10.00 Å². The van der Waals surface area contributed by atoms with Gasteiger partial charge in [-0.2, -0.15) is 5.26 Å². The molecule has 0 aromatic heterocycles. The molecule has 0 heterocycles. The number of carbonyl (C=O) groups excluding carboxylic acids is 1. The average molecular weight is 320 g/mol. The van der Waals surface area contributed by atoms with Crippen LogP contribution < -0.4 is 10.1 Å². The van der Waals surface area contributed by atoms with Gasteiger partial charge in [0.25, 0.3) is 5.91 Å². The number of aliphatic hydroxyl groups is 1. The molecular formula is C19H16N2O3. The van der Waals surface area contributed by atoms with E-state index in [0.717, 1.165) is 18.6 Å². The molecule has 0 atom stereocenters. The zero-order chi connectivity index (χ0) is 16.9. The van der Waals surface area contributed by atoms with Gasteiger partial charge in [0, 0.05) is 11.6 Å². The number of nitrogens with one attached hydrogen (secondary N) is 1. The molecule has 2 aromatic carbocycles. The minimum Gasteiger partial charge on any atom is -0.510 e. The van der Waals surface area contributed by atoms with Crippen LogP contribution in [0.4, 0.5) is 5.69 Å². The fraction of sp³-hybridized carbons (Fsp3) is 0.158. The molecule has 3 rings (SSSR count). The fourth-order valence-electron chi connectivity index (χ4n) is 2.21. The zero-order valence-electron chi connectivity index (χ0n) is 12.9. The zero-order valence-corrected chi connectivity index (χ0v) is 12.9. The third-order valence-corrected chi connectivity index (χ3v) is 3.65. The first kappa shape index (κ1) is 15.6. The minimum atomic E-state index is -0.598. The van der Waals surface area contributed by atoms with Gasteiger partial charge in [0.05, 0.1) is 0 Å². The summed E-state index contributed by atoms with van der Waals surface area (Å²) < 4.78 is 5.67. The van der Waals surface area contributed by atoms with E-state index in [9.17, 15) is 9.90 Å². The van der Waals surface area contributed by atoms with Crippen LogP contribution in [0.15, 0.2) is 65.9 Å². The Kier molecular flexibility index (Phi) is 4.48. The summed E-state index contributed by atoms with van der Waals surface area (Å²) in [5.74, 6) is 0.596. The summed E-state index contributed by atoms with van der Waals surface area (Å²) in [5, 5.41) is 21.6. The number of ether oxygens (including phenoxy) is 1. The number of para-hydroxylation sites is 1. The van der Waals surface area contributed by atoms with Gasteiger partial charge in [-0.1, -0.05) is 18.2 Å². The first-order valence-corrected chi connectivity index (χ1v) is 7.65. The van der Waals surface area contributed by atoms with E-state index >= 15 is 0 Å². The monoisotopic (exact) mass is 320 g/mol. The van der Waals surface area contributed by atoms with Crippen molar-refractivity contribution >= 4 is 11.6 Å². The molecular weight excluding hydrogens is 304 g/mol. The molecule has 1 saturated carbocycles. The Bertz CT molecular complexity index is 801. The molecule has 0 aliphatic heterocycles. The van der Waals surface area contributed by atoms with Crippen molar-refractivity contribution in [2.24, 2.45) is 5.92 Å². The van der Waals surface area contributed by atoms with Crippen LogP contribution in [0.25, 0.3) is 0 Å². The van der Waals surface area contributed by atoms with Crippen molar-refractivity contribution in [3.8, 4) is 17.6 Å². The molecule has 2 aromatic rings. The van der Waals surface area contributed by atoms with E-state index in [-0.39, 0.29) is 17.3 Å². The number of rotatable bonds is 5. The normalized spacial score (nSPS) is 14.3. The highest BCUT2D eigenvalue weighted by molar-refractivity contribution is 6.07. The third-order valence-electron chi connectivity index (χ3n) is 3.65. The summed E-state index contributed by atoms with van der Waals surface area (Å²) in [5.41, 5.74) is 0.305. The molecule has 24 heavy (non-hydrogen) atoms. The quantitative estimate of drug-likeness (QED) is 0.492. The molecule has 2 N–H and O–H groups in total. The van der Waals surface area contributed by atoms with Gasteiger partial charge in [-0.25, -0.2) is 0 Å². The van der Waals surface area contributed by atoms with Crippen LogP contribution in [0.2, 0.25) is 0 Å². The molecule has 5 heteroatoms. The van der Waals surface area contributed by atoms with Crippen LogP contribution in [-0.2, 0) is 4.79 Å². The van der Waals surface area contributed by atoms with Crippen molar-refractivity contribution in [2.45, 2.75) is 12.8 Å². The Morgan fingerprint density at radius 1 is 1.08 bits per heavy atom. The SMILES string of the molecule is N#C/C(C(=O)Nc1ccc(Oc2ccccc2)cc1)=C(/O)C1CC1. The van der Waals surface area contributed by atoms with Crippen LogP contribution in [0, 0.1) is 17.2 Å². The number of hydrogen-bond donors (Lipinski definition) is 2. The van der Waals surface area contributed by atoms with Gasteiger partial charge in [0.2, 0.25) is 0 Å². The highest BCUT2D eigenvalue weighted by atomic mass is 16.5. The first-order valence-electron chi connectivity index (χ1n) is 7.65. The van der Waals surface area contributed by atoms with Crippen LogP contribution in [0.5, 0.6) is 11.5 Å². The van der Waals surface area contributed by atoms with E-state index < -0.39 is 5.91 Å². The van der Waals surface area contributed by atoms with Gasteiger partial charge in [-0.3, -0.25) is 4.79 Å². The molecule has 120 valence electrons. The lowest BCUT2D eigenvalue weighted by molar-refractivity contribution is -0.112. The average Bonchev–Trinajstić information content (AvgIpc) is 3.43. The molecule has 1 aliphatic rings. The van der Waals surface area contributed by atoms with Crippen molar-refractivity contribution in [2.75, 3.05) is 5.32 Å². The molecule has 0 saturated heterocycles. The second-order valence-electron chi connectivity index (χ2n) is 5.54. The highest BCUT2D eigenvalue weighted by Crippen LogP contribution is 2.36. The molecule has 0 unspecified atom stereocenters. The van der Waals surface area contributed by atoms with Crippen LogP contribution in [0.3, 0.4) is 0 Å². The Labute approximate surface area is 139 Å². The maximum absolute atomic E-state index is 12.1. The maximum Gasteiger partial charge on any atom is 0.269 e. The number of allylic oxidation sites excluding steroid dienone is 1. The second-order valence-corrected chi connectivity index (χ2v) is 5.54. The van der Waals surface area contributed by atoms with Crippen LogP contribution in [0.1, 0.15) is 12.8 Å². The molecule has 0 bridgehead atoms. The van der Waals surface area contributed by atoms with E-state index in [1.807, 2.05) is 30.3 Å². The number of amides is 1. The molecule has 1 aliphatic carbocycles. The number of nitrogens with zero attached hydrogens (tertiary/aromatic N) is 1. The van der Waals surface area contributed by atoms with Crippen LogP contribution in [-0.4, -0.2) is 11.0 Å². The van der Waals surface area contributed by atoms with Crippen molar-refractivity contribution < 1.29 is 14.6 Å². The lowest BCUT2D eigenvalue weighted by atomic mass is 10.1. The van der Waals surface area contributed by atoms with Crippen molar-refractivity contribution in [1.29, 1.82) is 5.26 Å². The smallest absolute Gasteiger partial charge is 0.269 e. The topological polar surface area (TPSA) is 82.4 Å². The van der Waals surface area contributed by atoms with Gasteiger partial charge in [-0.15, -0.1) is 0 Å². The van der Waals surface area contributed by atoms with Gasteiger partial charge >= 0.3 is 0 Å².